The molecule has 4 rings (SSSR count). The Hall–Kier alpha value is -3.15. The van der Waals surface area contributed by atoms with Gasteiger partial charge in [-0.15, -0.1) is 0 Å². The lowest BCUT2D eigenvalue weighted by Crippen LogP contribution is -2.29. The number of hydrogen-bond donors (Lipinski definition) is 0. The molecule has 0 bridgehead atoms. The molecule has 0 unspecified atom stereocenters. The average Bonchev–Trinajstić information content (AvgIpc) is 3.25. The van der Waals surface area contributed by atoms with Gasteiger partial charge in [0.05, 0.1) is 30.3 Å². The van der Waals surface area contributed by atoms with E-state index in [-0.39, 0.29) is 5.91 Å². The number of fused-ring (bicyclic) bond motifs is 1. The number of carbonyl (C=O) groups is 1. The smallest absolute Gasteiger partial charge is 0.261 e. The quantitative estimate of drug-likeness (QED) is 0.739. The van der Waals surface area contributed by atoms with Crippen molar-refractivity contribution in [3.63, 3.8) is 0 Å². The molecule has 2 aromatic heterocycles. The van der Waals surface area contributed by atoms with Gasteiger partial charge in [0.15, 0.2) is 0 Å². The molecule has 0 saturated heterocycles. The molecule has 6 heteroatoms. The molecule has 6 nitrogen and oxygen atoms in total. The Morgan fingerprint density at radius 3 is 2.84 bits per heavy atom. The lowest BCUT2D eigenvalue weighted by molar-refractivity contribution is 0.0989. The Morgan fingerprint density at radius 2 is 2.00 bits per heavy atom. The zero-order valence-corrected chi connectivity index (χ0v) is 14.1. The van der Waals surface area contributed by atoms with E-state index in [4.69, 9.17) is 4.74 Å². The number of anilines is 1. The Labute approximate surface area is 145 Å². The van der Waals surface area contributed by atoms with Gasteiger partial charge in [-0.25, -0.2) is 4.68 Å². The van der Waals surface area contributed by atoms with E-state index in [9.17, 15) is 4.79 Å². The second kappa shape index (κ2) is 6.05. The zero-order chi connectivity index (χ0) is 17.4. The number of rotatable bonds is 3. The normalized spacial score (nSPS) is 13.0. The summed E-state index contributed by atoms with van der Waals surface area (Å²) in [5.41, 5.74) is 4.23. The summed E-state index contributed by atoms with van der Waals surface area (Å²) < 4.78 is 7.15. The second-order valence-corrected chi connectivity index (χ2v) is 5.94. The lowest BCUT2D eigenvalue weighted by Gasteiger charge is -2.17. The van der Waals surface area contributed by atoms with Crippen molar-refractivity contribution < 1.29 is 9.53 Å². The first-order valence-electron chi connectivity index (χ1n) is 8.13. The number of ether oxygens (including phenoxy) is 1. The van der Waals surface area contributed by atoms with Crippen LogP contribution < -0.4 is 9.64 Å². The highest BCUT2D eigenvalue weighted by molar-refractivity contribution is 6.07. The molecule has 3 heterocycles. The highest BCUT2D eigenvalue weighted by Crippen LogP contribution is 2.30. The molecule has 0 aliphatic carbocycles. The number of amides is 1. The van der Waals surface area contributed by atoms with Gasteiger partial charge in [0.2, 0.25) is 0 Å². The van der Waals surface area contributed by atoms with Crippen LogP contribution in [0.25, 0.3) is 5.69 Å². The summed E-state index contributed by atoms with van der Waals surface area (Å²) in [5, 5.41) is 4.42. The number of carbonyl (C=O) groups excluding carboxylic acids is 1. The summed E-state index contributed by atoms with van der Waals surface area (Å²) in [6.07, 6.45) is 6.00. The van der Waals surface area contributed by atoms with Crippen LogP contribution >= 0.6 is 0 Å². The van der Waals surface area contributed by atoms with E-state index < -0.39 is 0 Å². The highest BCUT2D eigenvalue weighted by atomic mass is 16.5. The third-order valence-electron chi connectivity index (χ3n) is 4.57. The van der Waals surface area contributed by atoms with Gasteiger partial charge in [-0.3, -0.25) is 9.78 Å². The molecule has 0 radical (unpaired) electrons. The Balaban J connectivity index is 1.72. The van der Waals surface area contributed by atoms with Crippen LogP contribution in [0.5, 0.6) is 5.75 Å². The van der Waals surface area contributed by atoms with Crippen LogP contribution in [0, 0.1) is 6.92 Å². The summed E-state index contributed by atoms with van der Waals surface area (Å²) in [7, 11) is 1.62. The van der Waals surface area contributed by atoms with Crippen molar-refractivity contribution in [1.29, 1.82) is 0 Å². The molecule has 1 aliphatic rings. The highest BCUT2D eigenvalue weighted by Gasteiger charge is 2.28. The van der Waals surface area contributed by atoms with Gasteiger partial charge in [0.1, 0.15) is 11.4 Å². The third kappa shape index (κ3) is 2.46. The van der Waals surface area contributed by atoms with Crippen molar-refractivity contribution >= 4 is 11.6 Å². The fraction of sp³-hybridized carbons (Fsp3) is 0.211. The van der Waals surface area contributed by atoms with Gasteiger partial charge < -0.3 is 9.64 Å². The van der Waals surface area contributed by atoms with E-state index in [0.29, 0.717) is 17.9 Å². The Bertz CT molecular complexity index is 948. The van der Waals surface area contributed by atoms with Gasteiger partial charge in [-0.05, 0) is 37.1 Å². The molecule has 1 aromatic carbocycles. The molecule has 0 spiro atoms. The summed E-state index contributed by atoms with van der Waals surface area (Å²) in [6.45, 7) is 2.56. The summed E-state index contributed by atoms with van der Waals surface area (Å²) in [5.74, 6) is 0.675. The van der Waals surface area contributed by atoms with Gasteiger partial charge >= 0.3 is 0 Å². The number of para-hydroxylation sites is 2. The average molecular weight is 334 g/mol. The Morgan fingerprint density at radius 1 is 1.16 bits per heavy atom. The molecular formula is C19H18N4O2. The predicted octanol–water partition coefficient (Wildman–Crippen LogP) is 2.79. The van der Waals surface area contributed by atoms with E-state index in [2.05, 4.69) is 10.1 Å². The Kier molecular flexibility index (Phi) is 3.72. The van der Waals surface area contributed by atoms with Gasteiger partial charge in [0.25, 0.3) is 5.91 Å². The zero-order valence-electron chi connectivity index (χ0n) is 14.1. The fourth-order valence-electron chi connectivity index (χ4n) is 3.25. The van der Waals surface area contributed by atoms with Crippen LogP contribution in [0.15, 0.2) is 48.9 Å². The SMILES string of the molecule is COc1ccccc1-n1ncc(C(=O)N2CCc3cnccc32)c1C. The molecule has 1 aliphatic heterocycles. The first-order valence-corrected chi connectivity index (χ1v) is 8.13. The molecule has 3 aromatic rings. The molecular weight excluding hydrogens is 316 g/mol. The minimum absolute atomic E-state index is 0.0383. The molecule has 25 heavy (non-hydrogen) atoms. The van der Waals surface area contributed by atoms with Crippen LogP contribution in [-0.2, 0) is 6.42 Å². The third-order valence-corrected chi connectivity index (χ3v) is 4.57. The maximum Gasteiger partial charge on any atom is 0.261 e. The molecule has 0 atom stereocenters. The van der Waals surface area contributed by atoms with Crippen LogP contribution in [0.1, 0.15) is 21.6 Å². The van der Waals surface area contributed by atoms with Crippen molar-refractivity contribution in [2.24, 2.45) is 0 Å². The summed E-state index contributed by atoms with van der Waals surface area (Å²) in [4.78, 5) is 19.0. The molecule has 1 amide bonds. The number of pyridine rings is 1. The first kappa shape index (κ1) is 15.4. The molecule has 0 N–H and O–H groups in total. The maximum atomic E-state index is 13.1. The van der Waals surface area contributed by atoms with Gasteiger partial charge in [-0.1, -0.05) is 12.1 Å². The molecule has 0 saturated carbocycles. The topological polar surface area (TPSA) is 60.3 Å². The van der Waals surface area contributed by atoms with Crippen LogP contribution in [-0.4, -0.2) is 34.3 Å². The minimum Gasteiger partial charge on any atom is -0.494 e. The van der Waals surface area contributed by atoms with Gasteiger partial charge in [0, 0.05) is 18.9 Å². The summed E-state index contributed by atoms with van der Waals surface area (Å²) >= 11 is 0. The predicted molar refractivity (Wildman–Crippen MR) is 94.5 cm³/mol. The largest absolute Gasteiger partial charge is 0.494 e. The first-order chi connectivity index (χ1) is 12.2. The number of hydrogen-bond acceptors (Lipinski definition) is 4. The van der Waals surface area contributed by atoms with Crippen molar-refractivity contribution in [3.8, 4) is 11.4 Å². The van der Waals surface area contributed by atoms with Crippen molar-refractivity contribution in [2.75, 3.05) is 18.6 Å². The van der Waals surface area contributed by atoms with E-state index in [1.54, 1.807) is 29.1 Å². The van der Waals surface area contributed by atoms with Crippen molar-refractivity contribution in [3.05, 3.63) is 65.7 Å². The van der Waals surface area contributed by atoms with Crippen LogP contribution in [0.2, 0.25) is 0 Å². The maximum absolute atomic E-state index is 13.1. The molecule has 0 fully saturated rings. The lowest BCUT2D eigenvalue weighted by atomic mass is 10.2. The van der Waals surface area contributed by atoms with Crippen molar-refractivity contribution in [2.45, 2.75) is 13.3 Å². The van der Waals surface area contributed by atoms with Gasteiger partial charge in [-0.2, -0.15) is 5.10 Å². The summed E-state index contributed by atoms with van der Waals surface area (Å²) in [6, 6.07) is 9.51. The molecule has 126 valence electrons. The fourth-order valence-corrected chi connectivity index (χ4v) is 3.25. The van der Waals surface area contributed by atoms with E-state index >= 15 is 0 Å². The second-order valence-electron chi connectivity index (χ2n) is 5.94. The van der Waals surface area contributed by atoms with E-state index in [0.717, 1.165) is 29.1 Å². The number of nitrogens with zero attached hydrogens (tertiary/aromatic N) is 4. The van der Waals surface area contributed by atoms with E-state index in [1.807, 2.05) is 43.5 Å². The van der Waals surface area contributed by atoms with Crippen LogP contribution in [0.3, 0.4) is 0 Å². The van der Waals surface area contributed by atoms with E-state index in [1.165, 1.54) is 0 Å². The number of benzene rings is 1. The standard InChI is InChI=1S/C19H18N4O2/c1-13-15(12-21-23(13)17-5-3-4-6-18(17)25-2)19(24)22-10-8-14-11-20-9-7-16(14)22/h3-7,9,11-12H,8,10H2,1-2H3. The van der Waals surface area contributed by atoms with Crippen LogP contribution in [0.4, 0.5) is 5.69 Å². The van der Waals surface area contributed by atoms with Crippen molar-refractivity contribution in [1.82, 2.24) is 14.8 Å². The minimum atomic E-state index is -0.0383. The number of methoxy groups -OCH3 is 1. The monoisotopic (exact) mass is 334 g/mol. The number of aromatic nitrogens is 3.